The molecule has 0 spiro atoms. The normalized spacial score (nSPS) is 39.5. The molecule has 2 fully saturated rings. The van der Waals surface area contributed by atoms with E-state index < -0.39 is 0 Å². The minimum Gasteiger partial charge on any atom is -0.392 e. The van der Waals surface area contributed by atoms with Crippen LogP contribution in [0.3, 0.4) is 0 Å². The summed E-state index contributed by atoms with van der Waals surface area (Å²) >= 11 is 0. The van der Waals surface area contributed by atoms with Gasteiger partial charge in [-0.05, 0) is 56.3 Å². The van der Waals surface area contributed by atoms with E-state index in [0.717, 1.165) is 17.8 Å². The molecule has 1 N–H and O–H groups in total. The predicted molar refractivity (Wildman–Crippen MR) is 86.6 cm³/mol. The zero-order chi connectivity index (χ0) is 14.8. The lowest BCUT2D eigenvalue weighted by atomic mass is 9.51. The van der Waals surface area contributed by atoms with E-state index in [2.05, 4.69) is 33.8 Å². The molecular weight excluding hydrogens is 244 g/mol. The van der Waals surface area contributed by atoms with Gasteiger partial charge in [-0.1, -0.05) is 56.4 Å². The lowest BCUT2D eigenvalue weighted by Crippen LogP contribution is -2.45. The zero-order valence-corrected chi connectivity index (χ0v) is 13.8. The average molecular weight is 276 g/mol. The van der Waals surface area contributed by atoms with E-state index in [1.165, 1.54) is 49.7 Å². The Labute approximate surface area is 125 Å². The molecule has 2 aliphatic carbocycles. The van der Waals surface area contributed by atoms with Gasteiger partial charge in [0, 0.05) is 0 Å². The first-order chi connectivity index (χ1) is 9.49. The van der Waals surface area contributed by atoms with Crippen molar-refractivity contribution in [2.75, 3.05) is 6.61 Å². The lowest BCUT2D eigenvalue weighted by molar-refractivity contribution is -0.0148. The topological polar surface area (TPSA) is 20.2 Å². The molecule has 0 amide bonds. The summed E-state index contributed by atoms with van der Waals surface area (Å²) in [6.07, 6.45) is 12.7. The monoisotopic (exact) mass is 276 g/mol. The molecule has 3 unspecified atom stereocenters. The van der Waals surface area contributed by atoms with E-state index in [9.17, 15) is 0 Å². The van der Waals surface area contributed by atoms with Gasteiger partial charge in [0.15, 0.2) is 0 Å². The Bertz CT molecular complexity index is 393. The summed E-state index contributed by atoms with van der Waals surface area (Å²) in [6.45, 7) is 9.59. The van der Waals surface area contributed by atoms with Crippen molar-refractivity contribution in [3.8, 4) is 0 Å². The maximum absolute atomic E-state index is 9.03. The van der Waals surface area contributed by atoms with E-state index >= 15 is 0 Å². The molecule has 2 aliphatic rings. The summed E-state index contributed by atoms with van der Waals surface area (Å²) in [5, 5.41) is 9.03. The molecule has 0 aliphatic heterocycles. The van der Waals surface area contributed by atoms with E-state index in [0.29, 0.717) is 5.41 Å². The van der Waals surface area contributed by atoms with Crippen molar-refractivity contribution in [2.24, 2.45) is 23.2 Å². The molecule has 2 rings (SSSR count). The van der Waals surface area contributed by atoms with E-state index in [1.807, 2.05) is 6.08 Å². The molecule has 0 radical (unpaired) electrons. The number of hydrogen-bond acceptors (Lipinski definition) is 1. The van der Waals surface area contributed by atoms with Crippen molar-refractivity contribution < 1.29 is 5.11 Å². The highest BCUT2D eigenvalue weighted by atomic mass is 16.2. The van der Waals surface area contributed by atoms with Crippen molar-refractivity contribution in [2.45, 2.75) is 66.2 Å². The number of aliphatic hydroxyl groups is 1. The summed E-state index contributed by atoms with van der Waals surface area (Å²) in [5.74, 6) is 2.56. The first kappa shape index (κ1) is 15.8. The number of fused-ring (bicyclic) bond motifs is 1. The van der Waals surface area contributed by atoms with Crippen LogP contribution in [0.15, 0.2) is 23.3 Å². The maximum Gasteiger partial charge on any atom is 0.0617 e. The fourth-order valence-electron chi connectivity index (χ4n) is 5.17. The molecule has 1 heteroatoms. The van der Waals surface area contributed by atoms with Crippen LogP contribution < -0.4 is 0 Å². The van der Waals surface area contributed by atoms with Crippen LogP contribution in [0.1, 0.15) is 66.2 Å². The van der Waals surface area contributed by atoms with Crippen LogP contribution in [0.25, 0.3) is 0 Å². The largest absolute Gasteiger partial charge is 0.392 e. The number of rotatable bonds is 3. The molecule has 114 valence electrons. The predicted octanol–water partition coefficient (Wildman–Crippen LogP) is 5.11. The summed E-state index contributed by atoms with van der Waals surface area (Å²) in [7, 11) is 0. The molecule has 1 nitrogen and oxygen atoms in total. The quantitative estimate of drug-likeness (QED) is 0.710. The highest BCUT2D eigenvalue weighted by Gasteiger charge is 2.47. The van der Waals surface area contributed by atoms with Gasteiger partial charge >= 0.3 is 0 Å². The van der Waals surface area contributed by atoms with E-state index in [-0.39, 0.29) is 6.61 Å². The molecular formula is C19H32O. The van der Waals surface area contributed by atoms with Crippen LogP contribution in [-0.2, 0) is 0 Å². The molecule has 4 atom stereocenters. The minimum atomic E-state index is 0.150. The Morgan fingerprint density at radius 2 is 1.95 bits per heavy atom. The van der Waals surface area contributed by atoms with Crippen LogP contribution in [-0.4, -0.2) is 11.7 Å². The second-order valence-corrected chi connectivity index (χ2v) is 7.48. The Morgan fingerprint density at radius 3 is 2.65 bits per heavy atom. The number of aliphatic hydroxyl groups excluding tert-OH is 1. The Balaban J connectivity index is 2.24. The van der Waals surface area contributed by atoms with Crippen LogP contribution in [0.5, 0.6) is 0 Å². The summed E-state index contributed by atoms with van der Waals surface area (Å²) in [6, 6.07) is 0. The van der Waals surface area contributed by atoms with Crippen LogP contribution >= 0.6 is 0 Å². The van der Waals surface area contributed by atoms with Gasteiger partial charge in [-0.25, -0.2) is 0 Å². The lowest BCUT2D eigenvalue weighted by Gasteiger charge is -2.53. The molecule has 0 aromatic rings. The fraction of sp³-hybridized carbons (Fsp3) is 0.789. The summed E-state index contributed by atoms with van der Waals surface area (Å²) in [5.41, 5.74) is 3.25. The van der Waals surface area contributed by atoms with Gasteiger partial charge in [-0.3, -0.25) is 0 Å². The van der Waals surface area contributed by atoms with Gasteiger partial charge in [-0.15, -0.1) is 0 Å². The third-order valence-corrected chi connectivity index (χ3v) is 6.13. The van der Waals surface area contributed by atoms with Gasteiger partial charge < -0.3 is 5.11 Å². The van der Waals surface area contributed by atoms with E-state index in [1.54, 1.807) is 0 Å². The zero-order valence-electron chi connectivity index (χ0n) is 13.8. The highest BCUT2D eigenvalue weighted by Crippen LogP contribution is 2.57. The van der Waals surface area contributed by atoms with Crippen molar-refractivity contribution >= 4 is 0 Å². The number of hydrogen-bond donors (Lipinski definition) is 1. The number of allylic oxidation sites excluding steroid dienone is 3. The standard InChI is InChI=1S/C19H32O/c1-14(10-12-20)13-16(3)18-9-5-8-17-15(2)7-6-11-19(17,18)4/h10,13,15,17-18,20H,5-9,11-12H2,1-4H3/b14-10+,16-13+/t15-,17?,18?,19?/m1/s1. The molecule has 0 heterocycles. The van der Waals surface area contributed by atoms with Gasteiger partial charge in [0.2, 0.25) is 0 Å². The van der Waals surface area contributed by atoms with Crippen LogP contribution in [0.2, 0.25) is 0 Å². The molecule has 20 heavy (non-hydrogen) atoms. The van der Waals surface area contributed by atoms with Gasteiger partial charge in [0.1, 0.15) is 0 Å². The maximum atomic E-state index is 9.03. The highest BCUT2D eigenvalue weighted by molar-refractivity contribution is 5.24. The van der Waals surface area contributed by atoms with Gasteiger partial charge in [0.25, 0.3) is 0 Å². The SMILES string of the molecule is CC(=C\CO)/C=C(\C)C1CCCC2[C@H](C)CCCC12C. The average Bonchev–Trinajstić information content (AvgIpc) is 2.38. The fourth-order valence-corrected chi connectivity index (χ4v) is 5.17. The molecule has 2 saturated carbocycles. The summed E-state index contributed by atoms with van der Waals surface area (Å²) < 4.78 is 0. The molecule has 0 aromatic heterocycles. The molecule has 0 bridgehead atoms. The third-order valence-electron chi connectivity index (χ3n) is 6.13. The Kier molecular flexibility index (Phi) is 5.12. The van der Waals surface area contributed by atoms with Crippen molar-refractivity contribution in [1.29, 1.82) is 0 Å². The molecule has 0 saturated heterocycles. The van der Waals surface area contributed by atoms with Crippen molar-refractivity contribution in [3.63, 3.8) is 0 Å². The van der Waals surface area contributed by atoms with Crippen molar-refractivity contribution in [1.82, 2.24) is 0 Å². The smallest absolute Gasteiger partial charge is 0.0617 e. The second-order valence-electron chi connectivity index (χ2n) is 7.48. The second kappa shape index (κ2) is 6.47. The van der Waals surface area contributed by atoms with Crippen LogP contribution in [0.4, 0.5) is 0 Å². The minimum absolute atomic E-state index is 0.150. The van der Waals surface area contributed by atoms with Gasteiger partial charge in [0.05, 0.1) is 6.61 Å². The molecule has 0 aromatic carbocycles. The van der Waals surface area contributed by atoms with Crippen LogP contribution in [0, 0.1) is 23.2 Å². The van der Waals surface area contributed by atoms with Gasteiger partial charge in [-0.2, -0.15) is 0 Å². The van der Waals surface area contributed by atoms with Crippen molar-refractivity contribution in [3.05, 3.63) is 23.3 Å². The third kappa shape index (κ3) is 3.03. The van der Waals surface area contributed by atoms with E-state index in [4.69, 9.17) is 5.11 Å². The Hall–Kier alpha value is -0.560. The first-order valence-electron chi connectivity index (χ1n) is 8.45. The first-order valence-corrected chi connectivity index (χ1v) is 8.45. The Morgan fingerprint density at radius 1 is 1.20 bits per heavy atom. The summed E-state index contributed by atoms with van der Waals surface area (Å²) in [4.78, 5) is 0.